The number of rotatable bonds is 4. The van der Waals surface area contributed by atoms with Crippen molar-refractivity contribution in [2.24, 2.45) is 0 Å². The summed E-state index contributed by atoms with van der Waals surface area (Å²) in [5.41, 5.74) is 1.69. The maximum absolute atomic E-state index is 8.91. The van der Waals surface area contributed by atoms with E-state index >= 15 is 0 Å². The second-order valence-electron chi connectivity index (χ2n) is 4.33. The predicted molar refractivity (Wildman–Crippen MR) is 77.3 cm³/mol. The molecule has 2 aromatic rings. The Labute approximate surface area is 117 Å². The minimum Gasteiger partial charge on any atom is -0.368 e. The van der Waals surface area contributed by atoms with E-state index in [2.05, 4.69) is 29.4 Å². The molecular weight excluding hydrogens is 258 g/mol. The number of nitriles is 1. The van der Waals surface area contributed by atoms with E-state index < -0.39 is 0 Å². The van der Waals surface area contributed by atoms with Gasteiger partial charge in [-0.3, -0.25) is 0 Å². The summed E-state index contributed by atoms with van der Waals surface area (Å²) in [4.78, 5) is 4.16. The first-order valence-corrected chi connectivity index (χ1v) is 6.43. The maximum atomic E-state index is 8.91. The molecule has 2 rings (SSSR count). The SMILES string of the molecule is CC(CNc1nccc(C#N)c1Cl)c1ccccc1. The Hall–Kier alpha value is -2.05. The van der Waals surface area contributed by atoms with Crippen molar-refractivity contribution in [2.75, 3.05) is 11.9 Å². The Morgan fingerprint density at radius 1 is 1.32 bits per heavy atom. The van der Waals surface area contributed by atoms with Gasteiger partial charge >= 0.3 is 0 Å². The van der Waals surface area contributed by atoms with Crippen molar-refractivity contribution >= 4 is 17.4 Å². The van der Waals surface area contributed by atoms with Gasteiger partial charge < -0.3 is 5.32 Å². The molecule has 0 saturated heterocycles. The van der Waals surface area contributed by atoms with Gasteiger partial charge in [-0.05, 0) is 17.5 Å². The van der Waals surface area contributed by atoms with Crippen molar-refractivity contribution in [3.63, 3.8) is 0 Å². The normalized spacial score (nSPS) is 11.6. The fraction of sp³-hybridized carbons (Fsp3) is 0.200. The maximum Gasteiger partial charge on any atom is 0.146 e. The fourth-order valence-corrected chi connectivity index (χ4v) is 2.02. The minimum atomic E-state index is 0.338. The lowest BCUT2D eigenvalue weighted by molar-refractivity contribution is 0.801. The van der Waals surface area contributed by atoms with Crippen LogP contribution < -0.4 is 5.32 Å². The van der Waals surface area contributed by atoms with Crippen LogP contribution in [-0.4, -0.2) is 11.5 Å². The van der Waals surface area contributed by atoms with E-state index in [0.717, 1.165) is 0 Å². The van der Waals surface area contributed by atoms with Crippen LogP contribution in [0, 0.1) is 11.3 Å². The summed E-state index contributed by atoms with van der Waals surface area (Å²) < 4.78 is 0. The molecule has 1 aromatic heterocycles. The molecule has 0 fully saturated rings. The molecular formula is C15H14ClN3. The summed E-state index contributed by atoms with van der Waals surface area (Å²) >= 11 is 6.09. The number of hydrogen-bond donors (Lipinski definition) is 1. The van der Waals surface area contributed by atoms with Crippen molar-refractivity contribution in [3.8, 4) is 6.07 Å². The van der Waals surface area contributed by atoms with Gasteiger partial charge in [0, 0.05) is 12.7 Å². The smallest absolute Gasteiger partial charge is 0.146 e. The molecule has 0 radical (unpaired) electrons. The number of anilines is 1. The second kappa shape index (κ2) is 6.21. The molecule has 4 heteroatoms. The molecule has 0 aliphatic heterocycles. The van der Waals surface area contributed by atoms with Gasteiger partial charge in [-0.1, -0.05) is 48.9 Å². The van der Waals surface area contributed by atoms with Gasteiger partial charge in [0.15, 0.2) is 0 Å². The number of nitrogens with zero attached hydrogens (tertiary/aromatic N) is 2. The lowest BCUT2D eigenvalue weighted by atomic mass is 10.0. The van der Waals surface area contributed by atoms with Crippen molar-refractivity contribution < 1.29 is 0 Å². The van der Waals surface area contributed by atoms with Gasteiger partial charge in [0.2, 0.25) is 0 Å². The molecule has 0 bridgehead atoms. The first-order chi connectivity index (χ1) is 9.22. The Bertz CT molecular complexity index is 590. The largest absolute Gasteiger partial charge is 0.368 e. The Morgan fingerprint density at radius 2 is 2.05 bits per heavy atom. The average Bonchev–Trinajstić information content (AvgIpc) is 2.47. The summed E-state index contributed by atoms with van der Waals surface area (Å²) in [5.74, 6) is 0.897. The number of benzene rings is 1. The second-order valence-corrected chi connectivity index (χ2v) is 4.70. The van der Waals surface area contributed by atoms with Crippen LogP contribution in [0.4, 0.5) is 5.82 Å². The highest BCUT2D eigenvalue weighted by molar-refractivity contribution is 6.34. The highest BCUT2D eigenvalue weighted by Crippen LogP contribution is 2.24. The lowest BCUT2D eigenvalue weighted by Crippen LogP contribution is -2.11. The molecule has 1 unspecified atom stereocenters. The van der Waals surface area contributed by atoms with Gasteiger partial charge in [-0.25, -0.2) is 4.98 Å². The van der Waals surface area contributed by atoms with E-state index in [1.165, 1.54) is 5.56 Å². The molecule has 19 heavy (non-hydrogen) atoms. The predicted octanol–water partition coefficient (Wildman–Crippen LogP) is 3.82. The number of aromatic nitrogens is 1. The van der Waals surface area contributed by atoms with Crippen molar-refractivity contribution in [1.82, 2.24) is 4.98 Å². The number of pyridine rings is 1. The van der Waals surface area contributed by atoms with Crippen LogP contribution >= 0.6 is 11.6 Å². The van der Waals surface area contributed by atoms with Crippen LogP contribution in [0.15, 0.2) is 42.6 Å². The molecule has 0 spiro atoms. The zero-order valence-corrected chi connectivity index (χ0v) is 11.4. The van der Waals surface area contributed by atoms with E-state index in [1.54, 1.807) is 12.3 Å². The molecule has 1 atom stereocenters. The molecule has 96 valence electrons. The van der Waals surface area contributed by atoms with E-state index in [4.69, 9.17) is 16.9 Å². The fourth-order valence-electron chi connectivity index (χ4n) is 1.80. The number of halogens is 1. The number of nitrogens with one attached hydrogen (secondary N) is 1. The number of hydrogen-bond acceptors (Lipinski definition) is 3. The van der Waals surface area contributed by atoms with Crippen LogP contribution in [0.2, 0.25) is 5.02 Å². The van der Waals surface area contributed by atoms with E-state index in [0.29, 0.717) is 28.9 Å². The third kappa shape index (κ3) is 3.24. The van der Waals surface area contributed by atoms with E-state index in [-0.39, 0.29) is 0 Å². The van der Waals surface area contributed by atoms with E-state index in [9.17, 15) is 0 Å². The van der Waals surface area contributed by atoms with Crippen molar-refractivity contribution in [3.05, 3.63) is 58.7 Å². The van der Waals surface area contributed by atoms with Gasteiger partial charge in [0.05, 0.1) is 5.56 Å². The molecule has 0 saturated carbocycles. The summed E-state index contributed by atoms with van der Waals surface area (Å²) in [7, 11) is 0. The zero-order chi connectivity index (χ0) is 13.7. The Kier molecular flexibility index (Phi) is 4.38. The average molecular weight is 272 g/mol. The summed E-state index contributed by atoms with van der Waals surface area (Å²) in [6.45, 7) is 2.84. The molecule has 1 aromatic carbocycles. The first-order valence-electron chi connectivity index (χ1n) is 6.05. The summed E-state index contributed by atoms with van der Waals surface area (Å²) in [6, 6.07) is 13.9. The standard InChI is InChI=1S/C15H14ClN3/c1-11(12-5-3-2-4-6-12)10-19-15-14(16)13(9-17)7-8-18-15/h2-8,11H,10H2,1H3,(H,18,19). The van der Waals surface area contributed by atoms with Gasteiger partial charge in [0.25, 0.3) is 0 Å². The van der Waals surface area contributed by atoms with Crippen LogP contribution in [-0.2, 0) is 0 Å². The summed E-state index contributed by atoms with van der Waals surface area (Å²) in [6.07, 6.45) is 1.58. The zero-order valence-electron chi connectivity index (χ0n) is 10.6. The summed E-state index contributed by atoms with van der Waals surface area (Å²) in [5, 5.41) is 12.5. The quantitative estimate of drug-likeness (QED) is 0.920. The third-order valence-corrected chi connectivity index (χ3v) is 3.34. The molecule has 0 amide bonds. The van der Waals surface area contributed by atoms with Gasteiger partial charge in [-0.15, -0.1) is 0 Å². The van der Waals surface area contributed by atoms with Gasteiger partial charge in [-0.2, -0.15) is 5.26 Å². The Morgan fingerprint density at radius 3 is 2.74 bits per heavy atom. The highest BCUT2D eigenvalue weighted by Gasteiger charge is 2.09. The molecule has 3 nitrogen and oxygen atoms in total. The first kappa shape index (κ1) is 13.4. The van der Waals surface area contributed by atoms with Crippen LogP contribution in [0.25, 0.3) is 0 Å². The van der Waals surface area contributed by atoms with Crippen LogP contribution in [0.5, 0.6) is 0 Å². The van der Waals surface area contributed by atoms with Crippen LogP contribution in [0.1, 0.15) is 24.0 Å². The van der Waals surface area contributed by atoms with Crippen LogP contribution in [0.3, 0.4) is 0 Å². The Balaban J connectivity index is 2.06. The molecule has 1 N–H and O–H groups in total. The lowest BCUT2D eigenvalue weighted by Gasteiger charge is -2.14. The molecule has 0 aliphatic rings. The monoisotopic (exact) mass is 271 g/mol. The highest BCUT2D eigenvalue weighted by atomic mass is 35.5. The topological polar surface area (TPSA) is 48.7 Å². The molecule has 1 heterocycles. The van der Waals surface area contributed by atoms with Gasteiger partial charge in [0.1, 0.15) is 16.9 Å². The van der Waals surface area contributed by atoms with Crippen molar-refractivity contribution in [2.45, 2.75) is 12.8 Å². The van der Waals surface area contributed by atoms with E-state index in [1.807, 2.05) is 24.3 Å². The third-order valence-electron chi connectivity index (χ3n) is 2.95. The molecule has 0 aliphatic carbocycles. The van der Waals surface area contributed by atoms with Crippen molar-refractivity contribution in [1.29, 1.82) is 5.26 Å². The minimum absolute atomic E-state index is 0.338.